The van der Waals surface area contributed by atoms with Crippen LogP contribution in [0.15, 0.2) is 47.0 Å². The summed E-state index contributed by atoms with van der Waals surface area (Å²) in [6.07, 6.45) is 1.64. The van der Waals surface area contributed by atoms with E-state index in [2.05, 4.69) is 15.5 Å². The molecule has 1 aliphatic rings. The van der Waals surface area contributed by atoms with Gasteiger partial charge in [-0.15, -0.1) is 0 Å². The second-order valence-corrected chi connectivity index (χ2v) is 6.72. The standard InChI is InChI=1S/C21H21N3O4/c1-13-11-14-12-15(7-8-17(14)27-13)22-19(25)9-10-20-23-21(24-28-20)16-5-3-4-6-18(16)26-2/h3-8,12-13H,9-11H2,1-2H3,(H,22,25). The van der Waals surface area contributed by atoms with E-state index in [-0.39, 0.29) is 18.4 Å². The van der Waals surface area contributed by atoms with Gasteiger partial charge in [-0.2, -0.15) is 4.98 Å². The summed E-state index contributed by atoms with van der Waals surface area (Å²) in [5, 5.41) is 6.90. The molecule has 4 rings (SSSR count). The van der Waals surface area contributed by atoms with E-state index in [4.69, 9.17) is 14.0 Å². The van der Waals surface area contributed by atoms with Gasteiger partial charge in [0.15, 0.2) is 0 Å². The smallest absolute Gasteiger partial charge is 0.227 e. The number of ether oxygens (including phenoxy) is 2. The molecule has 0 fully saturated rings. The van der Waals surface area contributed by atoms with Crippen LogP contribution in [0.4, 0.5) is 5.69 Å². The first-order valence-electron chi connectivity index (χ1n) is 9.18. The number of carbonyl (C=O) groups is 1. The van der Waals surface area contributed by atoms with Crippen LogP contribution in [0.5, 0.6) is 11.5 Å². The number of nitrogens with zero attached hydrogens (tertiary/aromatic N) is 2. The maximum atomic E-state index is 12.3. The highest BCUT2D eigenvalue weighted by Crippen LogP contribution is 2.31. The fraction of sp³-hybridized carbons (Fsp3) is 0.286. The van der Waals surface area contributed by atoms with Crippen LogP contribution in [0.3, 0.4) is 0 Å². The number of rotatable bonds is 6. The van der Waals surface area contributed by atoms with Crippen molar-refractivity contribution in [3.05, 3.63) is 53.9 Å². The molecule has 1 aliphatic heterocycles. The molecule has 1 aromatic heterocycles. The molecule has 1 unspecified atom stereocenters. The van der Waals surface area contributed by atoms with Crippen molar-refractivity contribution in [2.75, 3.05) is 12.4 Å². The largest absolute Gasteiger partial charge is 0.496 e. The van der Waals surface area contributed by atoms with Crippen molar-refractivity contribution in [3.8, 4) is 22.9 Å². The van der Waals surface area contributed by atoms with E-state index in [9.17, 15) is 4.79 Å². The van der Waals surface area contributed by atoms with E-state index in [1.807, 2.05) is 49.4 Å². The lowest BCUT2D eigenvalue weighted by molar-refractivity contribution is -0.116. The van der Waals surface area contributed by atoms with Crippen LogP contribution < -0.4 is 14.8 Å². The second-order valence-electron chi connectivity index (χ2n) is 6.72. The van der Waals surface area contributed by atoms with Crippen LogP contribution in [0.1, 0.15) is 24.8 Å². The van der Waals surface area contributed by atoms with Crippen molar-refractivity contribution in [1.29, 1.82) is 0 Å². The van der Waals surface area contributed by atoms with Gasteiger partial charge in [-0.3, -0.25) is 4.79 Å². The molecule has 0 saturated carbocycles. The number of amides is 1. The van der Waals surface area contributed by atoms with Crippen molar-refractivity contribution >= 4 is 11.6 Å². The van der Waals surface area contributed by atoms with Gasteiger partial charge in [0.25, 0.3) is 0 Å². The number of anilines is 1. The van der Waals surface area contributed by atoms with E-state index in [0.717, 1.165) is 29.0 Å². The van der Waals surface area contributed by atoms with Crippen LogP contribution in [0.25, 0.3) is 11.4 Å². The summed E-state index contributed by atoms with van der Waals surface area (Å²) < 4.78 is 16.3. The number of methoxy groups -OCH3 is 1. The summed E-state index contributed by atoms with van der Waals surface area (Å²) in [5.41, 5.74) is 2.63. The van der Waals surface area contributed by atoms with Crippen LogP contribution >= 0.6 is 0 Å². The normalized spacial score (nSPS) is 15.0. The zero-order chi connectivity index (χ0) is 19.5. The Morgan fingerprint density at radius 1 is 1.29 bits per heavy atom. The Bertz CT molecular complexity index is 999. The third kappa shape index (κ3) is 3.83. The molecule has 0 saturated heterocycles. The van der Waals surface area contributed by atoms with Crippen LogP contribution in [-0.4, -0.2) is 29.3 Å². The highest BCUT2D eigenvalue weighted by molar-refractivity contribution is 5.91. The van der Waals surface area contributed by atoms with Crippen LogP contribution in [0, 0.1) is 0 Å². The molecule has 3 aromatic rings. The predicted molar refractivity (Wildman–Crippen MR) is 103 cm³/mol. The molecule has 144 valence electrons. The predicted octanol–water partition coefficient (Wildman–Crippen LogP) is 3.64. The van der Waals surface area contributed by atoms with Gasteiger partial charge in [0.05, 0.1) is 12.7 Å². The first kappa shape index (κ1) is 18.0. The Balaban J connectivity index is 1.36. The summed E-state index contributed by atoms with van der Waals surface area (Å²) >= 11 is 0. The summed E-state index contributed by atoms with van der Waals surface area (Å²) in [6, 6.07) is 13.2. The first-order chi connectivity index (χ1) is 13.6. The third-order valence-electron chi connectivity index (χ3n) is 4.56. The Morgan fingerprint density at radius 2 is 2.14 bits per heavy atom. The number of carbonyl (C=O) groups excluding carboxylic acids is 1. The minimum atomic E-state index is -0.107. The molecule has 1 N–H and O–H groups in total. The first-order valence-corrected chi connectivity index (χ1v) is 9.18. The average molecular weight is 379 g/mol. The van der Waals surface area contributed by atoms with E-state index in [1.165, 1.54) is 0 Å². The zero-order valence-electron chi connectivity index (χ0n) is 15.8. The minimum Gasteiger partial charge on any atom is -0.496 e. The summed E-state index contributed by atoms with van der Waals surface area (Å²) in [7, 11) is 1.59. The van der Waals surface area contributed by atoms with Crippen molar-refractivity contribution in [1.82, 2.24) is 10.1 Å². The molecule has 1 amide bonds. The number of hydrogen-bond acceptors (Lipinski definition) is 6. The fourth-order valence-electron chi connectivity index (χ4n) is 3.24. The van der Waals surface area contributed by atoms with Gasteiger partial charge in [-0.05, 0) is 42.8 Å². The maximum absolute atomic E-state index is 12.3. The van der Waals surface area contributed by atoms with Gasteiger partial charge >= 0.3 is 0 Å². The molecule has 0 spiro atoms. The number of benzene rings is 2. The molecular formula is C21H21N3O4. The van der Waals surface area contributed by atoms with Gasteiger partial charge in [0.1, 0.15) is 17.6 Å². The van der Waals surface area contributed by atoms with Crippen LogP contribution in [-0.2, 0) is 17.6 Å². The Kier molecular flexibility index (Phi) is 4.97. The second kappa shape index (κ2) is 7.72. The minimum absolute atomic E-state index is 0.107. The molecule has 2 aromatic carbocycles. The number of hydrogen-bond donors (Lipinski definition) is 1. The lowest BCUT2D eigenvalue weighted by Gasteiger charge is -2.06. The molecule has 1 atom stereocenters. The maximum Gasteiger partial charge on any atom is 0.227 e. The summed E-state index contributed by atoms with van der Waals surface area (Å²) in [5.74, 6) is 2.31. The average Bonchev–Trinajstić information content (AvgIpc) is 3.31. The topological polar surface area (TPSA) is 86.5 Å². The number of fused-ring (bicyclic) bond motifs is 1. The van der Waals surface area contributed by atoms with E-state index in [1.54, 1.807) is 7.11 Å². The SMILES string of the molecule is COc1ccccc1-c1noc(CCC(=O)Nc2ccc3c(c2)CC(C)O3)n1. The highest BCUT2D eigenvalue weighted by atomic mass is 16.5. The Labute approximate surface area is 162 Å². The zero-order valence-corrected chi connectivity index (χ0v) is 15.8. The molecule has 0 aliphatic carbocycles. The number of para-hydroxylation sites is 1. The number of aromatic nitrogens is 2. The van der Waals surface area contributed by atoms with Crippen molar-refractivity contribution in [2.24, 2.45) is 0 Å². The molecule has 7 heteroatoms. The highest BCUT2D eigenvalue weighted by Gasteiger charge is 2.19. The quantitative estimate of drug-likeness (QED) is 0.704. The van der Waals surface area contributed by atoms with Gasteiger partial charge in [-0.25, -0.2) is 0 Å². The van der Waals surface area contributed by atoms with Crippen LogP contribution in [0.2, 0.25) is 0 Å². The molecular weight excluding hydrogens is 358 g/mol. The lowest BCUT2D eigenvalue weighted by atomic mass is 10.1. The lowest BCUT2D eigenvalue weighted by Crippen LogP contribution is -2.12. The van der Waals surface area contributed by atoms with Crippen molar-refractivity contribution in [3.63, 3.8) is 0 Å². The molecule has 0 radical (unpaired) electrons. The van der Waals surface area contributed by atoms with Gasteiger partial charge < -0.3 is 19.3 Å². The van der Waals surface area contributed by atoms with E-state index < -0.39 is 0 Å². The Hall–Kier alpha value is -3.35. The fourth-order valence-corrected chi connectivity index (χ4v) is 3.24. The van der Waals surface area contributed by atoms with E-state index >= 15 is 0 Å². The molecule has 0 bridgehead atoms. The van der Waals surface area contributed by atoms with Crippen molar-refractivity contribution in [2.45, 2.75) is 32.3 Å². The number of nitrogens with one attached hydrogen (secondary N) is 1. The third-order valence-corrected chi connectivity index (χ3v) is 4.56. The molecule has 2 heterocycles. The van der Waals surface area contributed by atoms with Gasteiger partial charge in [0.2, 0.25) is 17.6 Å². The van der Waals surface area contributed by atoms with Gasteiger partial charge in [-0.1, -0.05) is 17.3 Å². The van der Waals surface area contributed by atoms with Gasteiger partial charge in [0, 0.05) is 24.9 Å². The summed E-state index contributed by atoms with van der Waals surface area (Å²) in [4.78, 5) is 16.6. The molecule has 7 nitrogen and oxygen atoms in total. The monoisotopic (exact) mass is 379 g/mol. The number of aryl methyl sites for hydroxylation is 1. The summed E-state index contributed by atoms with van der Waals surface area (Å²) in [6.45, 7) is 2.03. The van der Waals surface area contributed by atoms with E-state index in [0.29, 0.717) is 23.9 Å². The molecule has 28 heavy (non-hydrogen) atoms. The Morgan fingerprint density at radius 3 is 3.00 bits per heavy atom. The van der Waals surface area contributed by atoms with Crippen molar-refractivity contribution < 1.29 is 18.8 Å².